The van der Waals surface area contributed by atoms with Gasteiger partial charge in [-0.05, 0) is 57.2 Å². The van der Waals surface area contributed by atoms with Crippen molar-refractivity contribution in [3.8, 4) is 0 Å². The summed E-state index contributed by atoms with van der Waals surface area (Å²) < 4.78 is 27.8. The molecule has 2 aromatic rings. The summed E-state index contributed by atoms with van der Waals surface area (Å²) in [4.78, 5) is 13.2. The third-order valence-corrected chi connectivity index (χ3v) is 6.96. The van der Waals surface area contributed by atoms with Crippen molar-refractivity contribution in [2.45, 2.75) is 64.0 Å². The highest BCUT2D eigenvalue weighted by Gasteiger charge is 2.30. The maximum atomic E-state index is 13.2. The molecule has 0 spiro atoms. The number of rotatable bonds is 11. The first kappa shape index (κ1) is 27.0. The molecular weight excluding hydrogens is 436 g/mol. The minimum Gasteiger partial charge on any atom is -0.392 e. The van der Waals surface area contributed by atoms with Gasteiger partial charge in [-0.2, -0.15) is 4.31 Å². The molecule has 182 valence electrons. The SMILES string of the molecule is CC(C)CN(C[C@@H](O)C[C@@H](Cc1ccccc1)C(=O)NC(C)(C)C)S(=O)(=O)c1ccccc1. The van der Waals surface area contributed by atoms with Crippen molar-refractivity contribution in [2.24, 2.45) is 11.8 Å². The molecule has 2 rings (SSSR count). The van der Waals surface area contributed by atoms with Gasteiger partial charge in [0.1, 0.15) is 0 Å². The molecule has 0 aliphatic heterocycles. The minimum absolute atomic E-state index is 0.0660. The fourth-order valence-electron chi connectivity index (χ4n) is 3.71. The lowest BCUT2D eigenvalue weighted by molar-refractivity contribution is -0.127. The molecule has 1 amide bonds. The molecule has 7 heteroatoms. The molecule has 0 radical (unpaired) electrons. The van der Waals surface area contributed by atoms with Gasteiger partial charge in [-0.15, -0.1) is 0 Å². The lowest BCUT2D eigenvalue weighted by Crippen LogP contribution is -2.46. The molecule has 0 unspecified atom stereocenters. The number of amides is 1. The van der Waals surface area contributed by atoms with Gasteiger partial charge < -0.3 is 10.4 Å². The van der Waals surface area contributed by atoms with Crippen LogP contribution in [-0.4, -0.2) is 48.5 Å². The maximum absolute atomic E-state index is 13.2. The van der Waals surface area contributed by atoms with Crippen LogP contribution in [0.2, 0.25) is 0 Å². The number of aliphatic hydroxyl groups is 1. The largest absolute Gasteiger partial charge is 0.392 e. The van der Waals surface area contributed by atoms with E-state index in [1.54, 1.807) is 30.3 Å². The van der Waals surface area contributed by atoms with Crippen LogP contribution in [0.5, 0.6) is 0 Å². The summed E-state index contributed by atoms with van der Waals surface area (Å²) in [7, 11) is -3.76. The van der Waals surface area contributed by atoms with Gasteiger partial charge in [0, 0.05) is 24.5 Å². The van der Waals surface area contributed by atoms with E-state index < -0.39 is 27.6 Å². The number of aliphatic hydroxyl groups excluding tert-OH is 1. The monoisotopic (exact) mass is 474 g/mol. The second-order valence-corrected chi connectivity index (χ2v) is 12.0. The molecule has 0 aromatic heterocycles. The first-order chi connectivity index (χ1) is 15.4. The summed E-state index contributed by atoms with van der Waals surface area (Å²) in [5, 5.41) is 14.0. The summed E-state index contributed by atoms with van der Waals surface area (Å²) in [5.74, 6) is -0.548. The molecule has 6 nitrogen and oxygen atoms in total. The molecule has 0 heterocycles. The van der Waals surface area contributed by atoms with Gasteiger partial charge in [0.05, 0.1) is 11.0 Å². The Morgan fingerprint density at radius 1 is 0.970 bits per heavy atom. The second-order valence-electron chi connectivity index (χ2n) is 10.0. The number of sulfonamides is 1. The number of carbonyl (C=O) groups is 1. The fourth-order valence-corrected chi connectivity index (χ4v) is 5.37. The van der Waals surface area contributed by atoms with Gasteiger partial charge in [0.2, 0.25) is 15.9 Å². The predicted molar refractivity (Wildman–Crippen MR) is 132 cm³/mol. The normalized spacial score (nSPS) is 14.3. The Bertz CT molecular complexity index is 970. The Morgan fingerprint density at radius 3 is 2.03 bits per heavy atom. The van der Waals surface area contributed by atoms with Crippen LogP contribution in [0.4, 0.5) is 0 Å². The number of nitrogens with zero attached hydrogens (tertiary/aromatic N) is 1. The molecule has 2 atom stereocenters. The minimum atomic E-state index is -3.76. The number of hydrogen-bond donors (Lipinski definition) is 2. The zero-order valence-corrected chi connectivity index (χ0v) is 21.2. The van der Waals surface area contributed by atoms with Crippen molar-refractivity contribution in [3.63, 3.8) is 0 Å². The number of carbonyl (C=O) groups excluding carboxylic acids is 1. The molecule has 0 bridgehead atoms. The average Bonchev–Trinajstić information content (AvgIpc) is 2.72. The van der Waals surface area contributed by atoms with Crippen molar-refractivity contribution in [3.05, 3.63) is 66.2 Å². The van der Waals surface area contributed by atoms with E-state index in [0.717, 1.165) is 5.56 Å². The second kappa shape index (κ2) is 11.8. The van der Waals surface area contributed by atoms with Gasteiger partial charge in [0.25, 0.3) is 0 Å². The van der Waals surface area contributed by atoms with E-state index in [4.69, 9.17) is 0 Å². The van der Waals surface area contributed by atoms with Crippen LogP contribution in [0.25, 0.3) is 0 Å². The molecule has 0 aliphatic rings. The number of benzene rings is 2. The lowest BCUT2D eigenvalue weighted by atomic mass is 9.91. The Labute approximate surface area is 199 Å². The quantitative estimate of drug-likeness (QED) is 0.518. The highest BCUT2D eigenvalue weighted by Crippen LogP contribution is 2.21. The van der Waals surface area contributed by atoms with Crippen LogP contribution >= 0.6 is 0 Å². The fraction of sp³-hybridized carbons (Fsp3) is 0.500. The molecular formula is C26H38N2O4S. The Kier molecular flexibility index (Phi) is 9.64. The van der Waals surface area contributed by atoms with Gasteiger partial charge >= 0.3 is 0 Å². The first-order valence-corrected chi connectivity index (χ1v) is 12.9. The Balaban J connectivity index is 2.22. The Morgan fingerprint density at radius 2 is 1.52 bits per heavy atom. The lowest BCUT2D eigenvalue weighted by Gasteiger charge is -2.29. The summed E-state index contributed by atoms with van der Waals surface area (Å²) in [5.41, 5.74) is 0.590. The molecule has 2 N–H and O–H groups in total. The summed E-state index contributed by atoms with van der Waals surface area (Å²) in [6, 6.07) is 17.9. The third kappa shape index (κ3) is 8.91. The number of hydrogen-bond acceptors (Lipinski definition) is 4. The molecule has 0 saturated heterocycles. The zero-order chi connectivity index (χ0) is 24.6. The summed E-state index contributed by atoms with van der Waals surface area (Å²) in [6.07, 6.45) is -0.354. The van der Waals surface area contributed by atoms with Gasteiger partial charge in [-0.1, -0.05) is 62.4 Å². The topological polar surface area (TPSA) is 86.7 Å². The number of nitrogens with one attached hydrogen (secondary N) is 1. The zero-order valence-electron chi connectivity index (χ0n) is 20.4. The van der Waals surface area contributed by atoms with Gasteiger partial charge in [-0.3, -0.25) is 4.79 Å². The van der Waals surface area contributed by atoms with Crippen LogP contribution in [-0.2, 0) is 21.2 Å². The highest BCUT2D eigenvalue weighted by atomic mass is 32.2. The molecule has 0 aliphatic carbocycles. The first-order valence-electron chi connectivity index (χ1n) is 11.5. The van der Waals surface area contributed by atoms with Crippen molar-refractivity contribution in [1.29, 1.82) is 0 Å². The van der Waals surface area contributed by atoms with E-state index >= 15 is 0 Å². The van der Waals surface area contributed by atoms with Crippen molar-refractivity contribution in [2.75, 3.05) is 13.1 Å². The van der Waals surface area contributed by atoms with E-state index in [1.165, 1.54) is 4.31 Å². The van der Waals surface area contributed by atoms with Crippen LogP contribution in [0.3, 0.4) is 0 Å². The van der Waals surface area contributed by atoms with E-state index in [0.29, 0.717) is 6.42 Å². The van der Waals surface area contributed by atoms with Crippen molar-refractivity contribution in [1.82, 2.24) is 9.62 Å². The van der Waals surface area contributed by atoms with E-state index in [-0.39, 0.29) is 36.2 Å². The van der Waals surface area contributed by atoms with Gasteiger partial charge in [0.15, 0.2) is 0 Å². The smallest absolute Gasteiger partial charge is 0.243 e. The highest BCUT2D eigenvalue weighted by molar-refractivity contribution is 7.89. The maximum Gasteiger partial charge on any atom is 0.243 e. The third-order valence-electron chi connectivity index (χ3n) is 5.11. The predicted octanol–water partition coefficient (Wildman–Crippen LogP) is 3.86. The standard InChI is InChI=1S/C26H38N2O4S/c1-20(2)18-28(33(31,32)24-14-10-7-11-15-24)19-23(29)17-22(25(30)27-26(3,4)5)16-21-12-8-6-9-13-21/h6-15,20,22-23,29H,16-19H2,1-5H3,(H,27,30)/t22-,23+/m1/s1. The Hall–Kier alpha value is -2.22. The van der Waals surface area contributed by atoms with E-state index in [9.17, 15) is 18.3 Å². The molecule has 33 heavy (non-hydrogen) atoms. The van der Waals surface area contributed by atoms with Crippen LogP contribution < -0.4 is 5.32 Å². The van der Waals surface area contributed by atoms with Crippen molar-refractivity contribution < 1.29 is 18.3 Å². The molecule has 0 fully saturated rings. The van der Waals surface area contributed by atoms with Crippen LogP contribution in [0, 0.1) is 11.8 Å². The van der Waals surface area contributed by atoms with Crippen molar-refractivity contribution >= 4 is 15.9 Å². The van der Waals surface area contributed by atoms with Gasteiger partial charge in [-0.25, -0.2) is 8.42 Å². The van der Waals surface area contributed by atoms with Crippen LogP contribution in [0.15, 0.2) is 65.6 Å². The summed E-state index contributed by atoms with van der Waals surface area (Å²) in [6.45, 7) is 9.84. The van der Waals surface area contributed by atoms with Crippen LogP contribution in [0.1, 0.15) is 46.6 Å². The molecule has 0 saturated carbocycles. The summed E-state index contributed by atoms with van der Waals surface area (Å²) >= 11 is 0. The van der Waals surface area contributed by atoms with E-state index in [1.807, 2.05) is 65.0 Å². The van der Waals surface area contributed by atoms with E-state index in [2.05, 4.69) is 5.32 Å². The molecule has 2 aromatic carbocycles. The average molecular weight is 475 g/mol.